The van der Waals surface area contributed by atoms with Gasteiger partial charge in [-0.05, 0) is 32.9 Å². The lowest BCUT2D eigenvalue weighted by Gasteiger charge is -2.15. The minimum atomic E-state index is -4.76. The Morgan fingerprint density at radius 2 is 2.00 bits per heavy atom. The van der Waals surface area contributed by atoms with Gasteiger partial charge in [-0.25, -0.2) is 0 Å². The molecule has 0 saturated carbocycles. The van der Waals surface area contributed by atoms with E-state index in [1.165, 1.54) is 6.92 Å². The van der Waals surface area contributed by atoms with Crippen LogP contribution in [0, 0.1) is 6.92 Å². The topological polar surface area (TPSA) is 65.2 Å². The van der Waals surface area contributed by atoms with Crippen molar-refractivity contribution in [2.45, 2.75) is 25.9 Å². The molecule has 0 atom stereocenters. The molecule has 0 radical (unpaired) electrons. The van der Waals surface area contributed by atoms with Crippen LogP contribution in [0.15, 0.2) is 0 Å². The first kappa shape index (κ1) is 16.5. The molecule has 22 heavy (non-hydrogen) atoms. The quantitative estimate of drug-likeness (QED) is 0.816. The van der Waals surface area contributed by atoms with E-state index in [2.05, 4.69) is 15.2 Å². The molecule has 0 aromatic carbocycles. The molecule has 0 aliphatic carbocycles. The van der Waals surface area contributed by atoms with Gasteiger partial charge in [-0.2, -0.15) is 13.2 Å². The molecule has 0 spiro atoms. The standard InChI is InChI=1S/C14H18F3N3O2/c1-9-11(12(14(15,16)17)10(8-21)19-9)13(22)18-4-7-20-5-2-3-6-20/h8,19H,2-7H2,1H3,(H,18,22). The summed E-state index contributed by atoms with van der Waals surface area (Å²) in [6.45, 7) is 4.12. The minimum absolute atomic E-state index is 0.0353. The number of aromatic nitrogens is 1. The van der Waals surface area contributed by atoms with Crippen molar-refractivity contribution in [3.05, 3.63) is 22.5 Å². The van der Waals surface area contributed by atoms with Gasteiger partial charge in [-0.3, -0.25) is 9.59 Å². The molecule has 1 aliphatic rings. The van der Waals surface area contributed by atoms with Gasteiger partial charge in [0.1, 0.15) is 0 Å². The lowest BCUT2D eigenvalue weighted by atomic mass is 10.1. The number of hydrogen-bond acceptors (Lipinski definition) is 3. The molecule has 5 nitrogen and oxygen atoms in total. The van der Waals surface area contributed by atoms with Crippen LogP contribution >= 0.6 is 0 Å². The number of carbonyl (C=O) groups excluding carboxylic acids is 2. The highest BCUT2D eigenvalue weighted by Gasteiger charge is 2.40. The van der Waals surface area contributed by atoms with Gasteiger partial charge in [-0.1, -0.05) is 0 Å². The summed E-state index contributed by atoms with van der Waals surface area (Å²) in [7, 11) is 0. The zero-order valence-corrected chi connectivity index (χ0v) is 12.2. The van der Waals surface area contributed by atoms with Gasteiger partial charge >= 0.3 is 6.18 Å². The Balaban J connectivity index is 2.11. The van der Waals surface area contributed by atoms with E-state index in [0.29, 0.717) is 6.54 Å². The molecule has 2 heterocycles. The maximum atomic E-state index is 13.1. The van der Waals surface area contributed by atoms with Crippen molar-refractivity contribution in [1.29, 1.82) is 0 Å². The largest absolute Gasteiger partial charge is 0.419 e. The van der Waals surface area contributed by atoms with Crippen LogP contribution in [-0.2, 0) is 6.18 Å². The van der Waals surface area contributed by atoms with Gasteiger partial charge in [0.15, 0.2) is 6.29 Å². The summed E-state index contributed by atoms with van der Waals surface area (Å²) >= 11 is 0. The van der Waals surface area contributed by atoms with Gasteiger partial charge in [0.05, 0.1) is 16.8 Å². The van der Waals surface area contributed by atoms with Crippen LogP contribution in [-0.4, -0.2) is 48.3 Å². The number of rotatable bonds is 5. The van der Waals surface area contributed by atoms with Gasteiger partial charge in [0.2, 0.25) is 0 Å². The normalized spacial score (nSPS) is 16.0. The lowest BCUT2D eigenvalue weighted by Crippen LogP contribution is -2.34. The number of nitrogens with zero attached hydrogens (tertiary/aromatic N) is 1. The van der Waals surface area contributed by atoms with Crippen molar-refractivity contribution in [1.82, 2.24) is 15.2 Å². The molecular weight excluding hydrogens is 299 g/mol. The summed E-state index contributed by atoms with van der Waals surface area (Å²) in [5.41, 5.74) is -2.28. The highest BCUT2D eigenvalue weighted by Crippen LogP contribution is 2.35. The number of aryl methyl sites for hydroxylation is 1. The van der Waals surface area contributed by atoms with Crippen molar-refractivity contribution >= 4 is 12.2 Å². The fraction of sp³-hybridized carbons (Fsp3) is 0.571. The second kappa shape index (κ2) is 6.51. The molecule has 0 unspecified atom stereocenters. The fourth-order valence-electron chi connectivity index (χ4n) is 2.74. The first-order valence-corrected chi connectivity index (χ1v) is 7.10. The third kappa shape index (κ3) is 3.49. The number of aldehydes is 1. The van der Waals surface area contributed by atoms with Crippen molar-refractivity contribution in [3.8, 4) is 0 Å². The van der Waals surface area contributed by atoms with Crippen molar-refractivity contribution in [3.63, 3.8) is 0 Å². The number of likely N-dealkylation sites (tertiary alicyclic amines) is 1. The van der Waals surface area contributed by atoms with Crippen LogP contribution in [0.2, 0.25) is 0 Å². The SMILES string of the molecule is Cc1[nH]c(C=O)c(C(F)(F)F)c1C(=O)NCCN1CCCC1. The third-order valence-corrected chi connectivity index (χ3v) is 3.76. The molecular formula is C14H18F3N3O2. The van der Waals surface area contributed by atoms with Crippen LogP contribution < -0.4 is 5.32 Å². The maximum absolute atomic E-state index is 13.1. The second-order valence-corrected chi connectivity index (χ2v) is 5.33. The first-order valence-electron chi connectivity index (χ1n) is 7.10. The number of alkyl halides is 3. The van der Waals surface area contributed by atoms with Crippen LogP contribution in [0.1, 0.15) is 44.9 Å². The molecule has 1 amide bonds. The number of carbonyl (C=O) groups is 2. The summed E-state index contributed by atoms with van der Waals surface area (Å²) in [6, 6.07) is 0. The predicted molar refractivity (Wildman–Crippen MR) is 73.9 cm³/mol. The molecule has 2 rings (SSSR count). The Morgan fingerprint density at radius 1 is 1.36 bits per heavy atom. The summed E-state index contributed by atoms with van der Waals surface area (Å²) in [5, 5.41) is 2.50. The van der Waals surface area contributed by atoms with Gasteiger partial charge < -0.3 is 15.2 Å². The zero-order valence-electron chi connectivity index (χ0n) is 12.2. The summed E-state index contributed by atoms with van der Waals surface area (Å²) in [6.07, 6.45) is -2.48. The first-order chi connectivity index (χ1) is 10.3. The second-order valence-electron chi connectivity index (χ2n) is 5.33. The Morgan fingerprint density at radius 3 is 2.55 bits per heavy atom. The average Bonchev–Trinajstić information content (AvgIpc) is 3.04. The molecule has 122 valence electrons. The maximum Gasteiger partial charge on any atom is 0.419 e. The average molecular weight is 317 g/mol. The summed E-state index contributed by atoms with van der Waals surface area (Å²) in [4.78, 5) is 27.3. The zero-order chi connectivity index (χ0) is 16.3. The van der Waals surface area contributed by atoms with Crippen LogP contribution in [0.4, 0.5) is 13.2 Å². The number of aromatic amines is 1. The van der Waals surface area contributed by atoms with E-state index < -0.39 is 28.9 Å². The molecule has 1 aliphatic heterocycles. The van der Waals surface area contributed by atoms with E-state index >= 15 is 0 Å². The van der Waals surface area contributed by atoms with E-state index in [-0.39, 0.29) is 18.5 Å². The van der Waals surface area contributed by atoms with Crippen LogP contribution in [0.5, 0.6) is 0 Å². The minimum Gasteiger partial charge on any atom is -0.355 e. The molecule has 1 aromatic rings. The number of halogens is 3. The number of amides is 1. The molecule has 1 saturated heterocycles. The van der Waals surface area contributed by atoms with E-state index in [4.69, 9.17) is 0 Å². The Kier molecular flexibility index (Phi) is 4.90. The van der Waals surface area contributed by atoms with E-state index in [1.807, 2.05) is 0 Å². The van der Waals surface area contributed by atoms with E-state index in [1.54, 1.807) is 0 Å². The third-order valence-electron chi connectivity index (χ3n) is 3.76. The predicted octanol–water partition coefficient (Wildman–Crippen LogP) is 1.98. The monoisotopic (exact) mass is 317 g/mol. The van der Waals surface area contributed by atoms with Crippen LogP contribution in [0.25, 0.3) is 0 Å². The van der Waals surface area contributed by atoms with E-state index in [0.717, 1.165) is 25.9 Å². The Labute approximate surface area is 125 Å². The summed E-state index contributed by atoms with van der Waals surface area (Å²) in [5.74, 6) is -0.812. The number of H-pyrrole nitrogens is 1. The highest BCUT2D eigenvalue weighted by molar-refractivity contribution is 5.99. The van der Waals surface area contributed by atoms with Gasteiger partial charge in [0.25, 0.3) is 5.91 Å². The Hall–Kier alpha value is -1.83. The van der Waals surface area contributed by atoms with Crippen molar-refractivity contribution in [2.24, 2.45) is 0 Å². The smallest absolute Gasteiger partial charge is 0.355 e. The molecule has 2 N–H and O–H groups in total. The van der Waals surface area contributed by atoms with E-state index in [9.17, 15) is 22.8 Å². The molecule has 1 fully saturated rings. The highest BCUT2D eigenvalue weighted by atomic mass is 19.4. The van der Waals surface area contributed by atoms with Crippen molar-refractivity contribution in [2.75, 3.05) is 26.2 Å². The van der Waals surface area contributed by atoms with Gasteiger partial charge in [0, 0.05) is 18.8 Å². The fourth-order valence-corrected chi connectivity index (χ4v) is 2.74. The summed E-state index contributed by atoms with van der Waals surface area (Å²) < 4.78 is 39.2. The Bertz CT molecular complexity index is 560. The molecule has 1 aromatic heterocycles. The number of nitrogens with one attached hydrogen (secondary N) is 2. The van der Waals surface area contributed by atoms with Gasteiger partial charge in [-0.15, -0.1) is 0 Å². The van der Waals surface area contributed by atoms with Crippen molar-refractivity contribution < 1.29 is 22.8 Å². The van der Waals surface area contributed by atoms with Crippen LogP contribution in [0.3, 0.4) is 0 Å². The molecule has 0 bridgehead atoms. The molecule has 8 heteroatoms. The lowest BCUT2D eigenvalue weighted by molar-refractivity contribution is -0.138. The number of hydrogen-bond donors (Lipinski definition) is 2.